The van der Waals surface area contributed by atoms with E-state index in [1.807, 2.05) is 6.07 Å². The van der Waals surface area contributed by atoms with Gasteiger partial charge in [-0.25, -0.2) is 4.39 Å². The maximum absolute atomic E-state index is 13.3. The van der Waals surface area contributed by atoms with E-state index in [4.69, 9.17) is 9.47 Å². The number of halogens is 2. The van der Waals surface area contributed by atoms with Crippen LogP contribution >= 0.6 is 15.9 Å². The summed E-state index contributed by atoms with van der Waals surface area (Å²) in [6.07, 6.45) is 3.46. The molecule has 2 aromatic rings. The fraction of sp³-hybridized carbons (Fsp3) is 0.273. The van der Waals surface area contributed by atoms with E-state index in [-0.39, 0.29) is 23.9 Å². The van der Waals surface area contributed by atoms with Gasteiger partial charge in [0.15, 0.2) is 11.5 Å². The normalized spacial score (nSPS) is 13.9. The van der Waals surface area contributed by atoms with Crippen LogP contribution in [0, 0.1) is 17.1 Å². The molecule has 3 rings (SSSR count). The summed E-state index contributed by atoms with van der Waals surface area (Å²) in [5, 5.41) is 9.44. The van der Waals surface area contributed by atoms with Gasteiger partial charge in [-0.3, -0.25) is 4.79 Å². The number of nitrogens with zero attached hydrogens (tertiary/aromatic N) is 2. The highest BCUT2D eigenvalue weighted by Crippen LogP contribution is 2.38. The van der Waals surface area contributed by atoms with Crippen molar-refractivity contribution >= 4 is 27.9 Å². The van der Waals surface area contributed by atoms with Crippen LogP contribution in [0.3, 0.4) is 0 Å². The Morgan fingerprint density at radius 1 is 1.31 bits per heavy atom. The first-order valence-electron chi connectivity index (χ1n) is 9.17. The maximum atomic E-state index is 13.3. The van der Waals surface area contributed by atoms with E-state index in [0.717, 1.165) is 12.8 Å². The molecule has 0 unspecified atom stereocenters. The zero-order chi connectivity index (χ0) is 20.8. The van der Waals surface area contributed by atoms with Crippen LogP contribution < -0.4 is 9.47 Å². The molecule has 0 atom stereocenters. The Hall–Kier alpha value is -2.85. The molecule has 1 aliphatic heterocycles. The summed E-state index contributed by atoms with van der Waals surface area (Å²) in [5.41, 5.74) is 1.40. The lowest BCUT2D eigenvalue weighted by molar-refractivity contribution is -0.125. The van der Waals surface area contributed by atoms with Gasteiger partial charge in [-0.1, -0.05) is 12.1 Å². The number of rotatable bonds is 6. The molecule has 29 heavy (non-hydrogen) atoms. The third kappa shape index (κ3) is 5.15. The van der Waals surface area contributed by atoms with Crippen molar-refractivity contribution in [2.45, 2.75) is 19.4 Å². The molecule has 1 amide bonds. The second-order valence-electron chi connectivity index (χ2n) is 6.62. The Kier molecular flexibility index (Phi) is 6.89. The van der Waals surface area contributed by atoms with Crippen molar-refractivity contribution in [2.75, 3.05) is 20.2 Å². The van der Waals surface area contributed by atoms with E-state index in [1.165, 1.54) is 19.2 Å². The number of nitriles is 1. The molecule has 7 heteroatoms. The number of likely N-dealkylation sites (tertiary alicyclic amines) is 1. The average molecular weight is 459 g/mol. The van der Waals surface area contributed by atoms with Crippen molar-refractivity contribution in [1.29, 1.82) is 5.26 Å². The van der Waals surface area contributed by atoms with Crippen LogP contribution in [0.15, 0.2) is 46.4 Å². The lowest BCUT2D eigenvalue weighted by Gasteiger charge is -2.15. The van der Waals surface area contributed by atoms with Gasteiger partial charge >= 0.3 is 0 Å². The zero-order valence-corrected chi connectivity index (χ0v) is 17.5. The van der Waals surface area contributed by atoms with E-state index in [1.54, 1.807) is 35.2 Å². The van der Waals surface area contributed by atoms with E-state index < -0.39 is 0 Å². The minimum Gasteiger partial charge on any atom is -0.493 e. The number of carbonyl (C=O) groups excluding carboxylic acids is 1. The fourth-order valence-corrected chi connectivity index (χ4v) is 3.72. The third-order valence-electron chi connectivity index (χ3n) is 4.58. The number of hydrogen-bond acceptors (Lipinski definition) is 4. The van der Waals surface area contributed by atoms with Crippen LogP contribution in [0.5, 0.6) is 11.5 Å². The Labute approximate surface area is 177 Å². The Balaban J connectivity index is 1.83. The number of ether oxygens (including phenoxy) is 2. The maximum Gasteiger partial charge on any atom is 0.264 e. The lowest BCUT2D eigenvalue weighted by atomic mass is 10.1. The van der Waals surface area contributed by atoms with Gasteiger partial charge < -0.3 is 14.4 Å². The Morgan fingerprint density at radius 2 is 2.07 bits per heavy atom. The largest absolute Gasteiger partial charge is 0.493 e. The molecule has 2 aromatic carbocycles. The Bertz CT molecular complexity index is 979. The van der Waals surface area contributed by atoms with E-state index in [2.05, 4.69) is 15.9 Å². The summed E-state index contributed by atoms with van der Waals surface area (Å²) in [7, 11) is 1.50. The summed E-state index contributed by atoms with van der Waals surface area (Å²) < 4.78 is 25.2. The molecule has 0 bridgehead atoms. The van der Waals surface area contributed by atoms with Crippen LogP contribution in [0.25, 0.3) is 6.08 Å². The highest BCUT2D eigenvalue weighted by molar-refractivity contribution is 9.10. The van der Waals surface area contributed by atoms with Crippen molar-refractivity contribution in [1.82, 2.24) is 4.90 Å². The van der Waals surface area contributed by atoms with Crippen molar-refractivity contribution in [2.24, 2.45) is 0 Å². The third-order valence-corrected chi connectivity index (χ3v) is 5.17. The molecule has 0 N–H and O–H groups in total. The minimum atomic E-state index is -0.329. The SMILES string of the molecule is COc1cc(/C=C(\C#N)C(=O)N2CCCC2)cc(Br)c1OCc1cccc(F)c1. The predicted molar refractivity (Wildman–Crippen MR) is 111 cm³/mol. The number of methoxy groups -OCH3 is 1. The van der Waals surface area contributed by atoms with Crippen LogP contribution in [-0.2, 0) is 11.4 Å². The van der Waals surface area contributed by atoms with Gasteiger partial charge in [-0.05, 0) is 70.2 Å². The van der Waals surface area contributed by atoms with Gasteiger partial charge in [0.25, 0.3) is 5.91 Å². The van der Waals surface area contributed by atoms with Gasteiger partial charge in [-0.15, -0.1) is 0 Å². The average Bonchev–Trinajstić information content (AvgIpc) is 3.25. The van der Waals surface area contributed by atoms with Gasteiger partial charge in [-0.2, -0.15) is 5.26 Å². The second-order valence-corrected chi connectivity index (χ2v) is 7.48. The zero-order valence-electron chi connectivity index (χ0n) is 16.0. The van der Waals surface area contributed by atoms with Crippen LogP contribution in [0.4, 0.5) is 4.39 Å². The standard InChI is InChI=1S/C22H20BrFN2O3/c1-28-20-12-16(9-17(13-25)22(27)26-7-2-3-8-26)11-19(23)21(20)29-14-15-5-4-6-18(24)10-15/h4-6,9-12H,2-3,7-8,14H2,1H3/b17-9+. The number of benzene rings is 2. The van der Waals surface area contributed by atoms with E-state index in [9.17, 15) is 14.4 Å². The van der Waals surface area contributed by atoms with Crippen molar-refractivity contribution in [3.8, 4) is 17.6 Å². The van der Waals surface area contributed by atoms with Gasteiger partial charge in [0.05, 0.1) is 11.6 Å². The smallest absolute Gasteiger partial charge is 0.264 e. The summed E-state index contributed by atoms with van der Waals surface area (Å²) in [6, 6.07) is 11.6. The Morgan fingerprint density at radius 3 is 2.72 bits per heavy atom. The van der Waals surface area contributed by atoms with E-state index >= 15 is 0 Å². The van der Waals surface area contributed by atoms with Crippen molar-refractivity contribution in [3.05, 3.63) is 63.4 Å². The number of amides is 1. The summed E-state index contributed by atoms with van der Waals surface area (Å²) in [5.74, 6) is 0.307. The first-order valence-corrected chi connectivity index (χ1v) is 9.97. The van der Waals surface area contributed by atoms with Crippen molar-refractivity contribution in [3.63, 3.8) is 0 Å². The highest BCUT2D eigenvalue weighted by atomic mass is 79.9. The first-order chi connectivity index (χ1) is 14.0. The molecule has 0 radical (unpaired) electrons. The molecule has 1 saturated heterocycles. The molecule has 150 valence electrons. The lowest BCUT2D eigenvalue weighted by Crippen LogP contribution is -2.28. The monoisotopic (exact) mass is 458 g/mol. The topological polar surface area (TPSA) is 62.6 Å². The van der Waals surface area contributed by atoms with Gasteiger partial charge in [0.2, 0.25) is 0 Å². The van der Waals surface area contributed by atoms with Crippen LogP contribution in [-0.4, -0.2) is 31.0 Å². The molecule has 0 spiro atoms. The van der Waals surface area contributed by atoms with Gasteiger partial charge in [0, 0.05) is 13.1 Å². The number of hydrogen-bond donors (Lipinski definition) is 0. The second kappa shape index (κ2) is 9.57. The van der Waals surface area contributed by atoms with Gasteiger partial charge in [0.1, 0.15) is 24.1 Å². The molecule has 0 aliphatic carbocycles. The van der Waals surface area contributed by atoms with Crippen molar-refractivity contribution < 1.29 is 18.7 Å². The first kappa shape index (κ1) is 20.9. The number of carbonyl (C=O) groups is 1. The van der Waals surface area contributed by atoms with Crippen LogP contribution in [0.1, 0.15) is 24.0 Å². The highest BCUT2D eigenvalue weighted by Gasteiger charge is 2.22. The molecule has 1 heterocycles. The fourth-order valence-electron chi connectivity index (χ4n) is 3.14. The quantitative estimate of drug-likeness (QED) is 0.464. The van der Waals surface area contributed by atoms with E-state index in [0.29, 0.717) is 40.2 Å². The molecule has 1 aliphatic rings. The molecule has 5 nitrogen and oxygen atoms in total. The predicted octanol–water partition coefficient (Wildman–Crippen LogP) is 4.71. The summed E-state index contributed by atoms with van der Waals surface area (Å²) in [4.78, 5) is 14.2. The van der Waals surface area contributed by atoms with Crippen LogP contribution in [0.2, 0.25) is 0 Å². The molecule has 0 aromatic heterocycles. The molecule has 0 saturated carbocycles. The molecular weight excluding hydrogens is 439 g/mol. The summed E-state index contributed by atoms with van der Waals surface area (Å²) in [6.45, 7) is 1.52. The molecule has 1 fully saturated rings. The molecular formula is C22H20BrFN2O3. The minimum absolute atomic E-state index is 0.0780. The summed E-state index contributed by atoms with van der Waals surface area (Å²) >= 11 is 3.46.